The molecule has 0 atom stereocenters. The van der Waals surface area contributed by atoms with E-state index in [4.69, 9.17) is 0 Å². The Bertz CT molecular complexity index is 740. The SMILES string of the molecule is CCCN(CC(=O)Nc1ccccc1C)C(=O)Cc1ccccc1C. The molecule has 2 rings (SSSR count). The summed E-state index contributed by atoms with van der Waals surface area (Å²) in [5, 5.41) is 2.90. The maximum Gasteiger partial charge on any atom is 0.244 e. The maximum absolute atomic E-state index is 12.7. The Morgan fingerprint density at radius 1 is 0.960 bits per heavy atom. The van der Waals surface area contributed by atoms with E-state index in [2.05, 4.69) is 5.32 Å². The van der Waals surface area contributed by atoms with Crippen molar-refractivity contribution in [2.24, 2.45) is 0 Å². The molecule has 0 bridgehead atoms. The Labute approximate surface area is 149 Å². The molecular formula is C21H26N2O2. The maximum atomic E-state index is 12.7. The van der Waals surface area contributed by atoms with E-state index in [1.165, 1.54) is 0 Å². The molecule has 0 aliphatic carbocycles. The van der Waals surface area contributed by atoms with Crippen molar-refractivity contribution in [2.45, 2.75) is 33.6 Å². The lowest BCUT2D eigenvalue weighted by molar-refractivity contribution is -0.134. The molecular weight excluding hydrogens is 312 g/mol. The number of carbonyl (C=O) groups excluding carboxylic acids is 2. The van der Waals surface area contributed by atoms with Crippen LogP contribution >= 0.6 is 0 Å². The normalized spacial score (nSPS) is 10.4. The van der Waals surface area contributed by atoms with Crippen molar-refractivity contribution in [3.8, 4) is 0 Å². The summed E-state index contributed by atoms with van der Waals surface area (Å²) < 4.78 is 0. The van der Waals surface area contributed by atoms with Crippen LogP contribution in [0.1, 0.15) is 30.0 Å². The summed E-state index contributed by atoms with van der Waals surface area (Å²) in [5.74, 6) is -0.183. The van der Waals surface area contributed by atoms with Gasteiger partial charge >= 0.3 is 0 Å². The molecule has 0 saturated carbocycles. The third-order valence-corrected chi connectivity index (χ3v) is 4.20. The van der Waals surface area contributed by atoms with Crippen molar-refractivity contribution in [3.05, 3.63) is 65.2 Å². The van der Waals surface area contributed by atoms with Gasteiger partial charge in [0.05, 0.1) is 13.0 Å². The minimum Gasteiger partial charge on any atom is -0.333 e. The van der Waals surface area contributed by atoms with Crippen LogP contribution in [0.25, 0.3) is 0 Å². The van der Waals surface area contributed by atoms with Crippen LogP contribution < -0.4 is 5.32 Å². The molecule has 132 valence electrons. The van der Waals surface area contributed by atoms with E-state index in [0.717, 1.165) is 28.8 Å². The lowest BCUT2D eigenvalue weighted by Crippen LogP contribution is -2.39. The highest BCUT2D eigenvalue weighted by Gasteiger charge is 2.18. The summed E-state index contributed by atoms with van der Waals surface area (Å²) in [6.45, 7) is 6.60. The monoisotopic (exact) mass is 338 g/mol. The van der Waals surface area contributed by atoms with Crippen molar-refractivity contribution >= 4 is 17.5 Å². The van der Waals surface area contributed by atoms with E-state index in [0.29, 0.717) is 13.0 Å². The highest BCUT2D eigenvalue weighted by Crippen LogP contribution is 2.14. The molecule has 2 aromatic carbocycles. The number of nitrogens with zero attached hydrogens (tertiary/aromatic N) is 1. The summed E-state index contributed by atoms with van der Waals surface area (Å²) in [4.78, 5) is 26.7. The fourth-order valence-electron chi connectivity index (χ4n) is 2.72. The van der Waals surface area contributed by atoms with Gasteiger partial charge in [-0.05, 0) is 43.0 Å². The lowest BCUT2D eigenvalue weighted by atomic mass is 10.1. The Morgan fingerprint density at radius 3 is 2.24 bits per heavy atom. The van der Waals surface area contributed by atoms with E-state index in [-0.39, 0.29) is 18.4 Å². The number of anilines is 1. The molecule has 0 aromatic heterocycles. The fourth-order valence-corrected chi connectivity index (χ4v) is 2.72. The molecule has 4 nitrogen and oxygen atoms in total. The Balaban J connectivity index is 2.02. The average Bonchev–Trinajstić information content (AvgIpc) is 2.58. The van der Waals surface area contributed by atoms with Crippen molar-refractivity contribution in [1.82, 2.24) is 4.90 Å². The number of nitrogens with one attached hydrogen (secondary N) is 1. The van der Waals surface area contributed by atoms with Crippen LogP contribution in [0, 0.1) is 13.8 Å². The first-order valence-corrected chi connectivity index (χ1v) is 8.69. The van der Waals surface area contributed by atoms with Crippen molar-refractivity contribution in [3.63, 3.8) is 0 Å². The molecule has 0 unspecified atom stereocenters. The van der Waals surface area contributed by atoms with Gasteiger partial charge in [-0.1, -0.05) is 49.4 Å². The first-order valence-electron chi connectivity index (χ1n) is 8.69. The van der Waals surface area contributed by atoms with Crippen LogP contribution in [-0.4, -0.2) is 29.8 Å². The zero-order valence-corrected chi connectivity index (χ0v) is 15.2. The van der Waals surface area contributed by atoms with Gasteiger partial charge in [-0.2, -0.15) is 0 Å². The van der Waals surface area contributed by atoms with Gasteiger partial charge in [0.25, 0.3) is 0 Å². The van der Waals surface area contributed by atoms with Gasteiger partial charge in [0.1, 0.15) is 0 Å². The predicted octanol–water partition coefficient (Wildman–Crippen LogP) is 3.72. The molecule has 0 radical (unpaired) electrons. The second-order valence-electron chi connectivity index (χ2n) is 6.28. The quantitative estimate of drug-likeness (QED) is 0.836. The standard InChI is InChI=1S/C21H26N2O2/c1-4-13-23(21(25)14-18-11-7-5-9-16(18)2)15-20(24)22-19-12-8-6-10-17(19)3/h5-12H,4,13-15H2,1-3H3,(H,22,24). The summed E-state index contributed by atoms with van der Waals surface area (Å²) in [6, 6.07) is 15.5. The fraction of sp³-hybridized carbons (Fsp3) is 0.333. The number of benzene rings is 2. The largest absolute Gasteiger partial charge is 0.333 e. The number of rotatable bonds is 7. The van der Waals surface area contributed by atoms with Gasteiger partial charge in [0, 0.05) is 12.2 Å². The zero-order valence-electron chi connectivity index (χ0n) is 15.2. The Kier molecular flexibility index (Phi) is 6.75. The summed E-state index contributed by atoms with van der Waals surface area (Å²) in [6.07, 6.45) is 1.14. The molecule has 2 aromatic rings. The summed E-state index contributed by atoms with van der Waals surface area (Å²) in [7, 11) is 0. The molecule has 0 saturated heterocycles. The van der Waals surface area contributed by atoms with Gasteiger partial charge in [-0.25, -0.2) is 0 Å². The summed E-state index contributed by atoms with van der Waals surface area (Å²) in [5.41, 5.74) is 3.89. The molecule has 0 aliphatic rings. The Hall–Kier alpha value is -2.62. The van der Waals surface area contributed by atoms with Crippen LogP contribution in [-0.2, 0) is 16.0 Å². The molecule has 1 N–H and O–H groups in total. The van der Waals surface area contributed by atoms with E-state index in [1.54, 1.807) is 4.90 Å². The minimum atomic E-state index is -0.166. The number of carbonyl (C=O) groups is 2. The van der Waals surface area contributed by atoms with Crippen LogP contribution in [0.4, 0.5) is 5.69 Å². The van der Waals surface area contributed by atoms with Crippen LogP contribution in [0.2, 0.25) is 0 Å². The van der Waals surface area contributed by atoms with E-state index in [1.807, 2.05) is 69.3 Å². The number of aryl methyl sites for hydroxylation is 2. The Morgan fingerprint density at radius 2 is 1.60 bits per heavy atom. The minimum absolute atomic E-state index is 0.0175. The molecule has 2 amide bonds. The molecule has 25 heavy (non-hydrogen) atoms. The lowest BCUT2D eigenvalue weighted by Gasteiger charge is -2.22. The highest BCUT2D eigenvalue weighted by atomic mass is 16.2. The molecule has 0 spiro atoms. The number of para-hydroxylation sites is 1. The van der Waals surface area contributed by atoms with E-state index >= 15 is 0 Å². The van der Waals surface area contributed by atoms with Gasteiger partial charge in [-0.15, -0.1) is 0 Å². The van der Waals surface area contributed by atoms with Crippen LogP contribution in [0.5, 0.6) is 0 Å². The topological polar surface area (TPSA) is 49.4 Å². The summed E-state index contributed by atoms with van der Waals surface area (Å²) >= 11 is 0. The molecule has 0 fully saturated rings. The third-order valence-electron chi connectivity index (χ3n) is 4.20. The second kappa shape index (κ2) is 9.02. The number of amides is 2. The van der Waals surface area contributed by atoms with Crippen molar-refractivity contribution in [1.29, 1.82) is 0 Å². The smallest absolute Gasteiger partial charge is 0.244 e. The van der Waals surface area contributed by atoms with E-state index < -0.39 is 0 Å². The van der Waals surface area contributed by atoms with Crippen molar-refractivity contribution in [2.75, 3.05) is 18.4 Å². The molecule has 0 heterocycles. The molecule has 0 aliphatic heterocycles. The number of hydrogen-bond acceptors (Lipinski definition) is 2. The van der Waals surface area contributed by atoms with Gasteiger partial charge < -0.3 is 10.2 Å². The average molecular weight is 338 g/mol. The number of hydrogen-bond donors (Lipinski definition) is 1. The van der Waals surface area contributed by atoms with Gasteiger partial charge in [0.2, 0.25) is 11.8 Å². The van der Waals surface area contributed by atoms with Gasteiger partial charge in [0.15, 0.2) is 0 Å². The first kappa shape index (κ1) is 18.7. The third kappa shape index (κ3) is 5.45. The second-order valence-corrected chi connectivity index (χ2v) is 6.28. The van der Waals surface area contributed by atoms with Crippen LogP contribution in [0.15, 0.2) is 48.5 Å². The highest BCUT2D eigenvalue weighted by molar-refractivity contribution is 5.95. The van der Waals surface area contributed by atoms with E-state index in [9.17, 15) is 9.59 Å². The van der Waals surface area contributed by atoms with Crippen molar-refractivity contribution < 1.29 is 9.59 Å². The first-order chi connectivity index (χ1) is 12.0. The van der Waals surface area contributed by atoms with Crippen LogP contribution in [0.3, 0.4) is 0 Å². The predicted molar refractivity (Wildman–Crippen MR) is 102 cm³/mol. The van der Waals surface area contributed by atoms with Gasteiger partial charge in [-0.3, -0.25) is 9.59 Å². The molecule has 4 heteroatoms. The zero-order chi connectivity index (χ0) is 18.2.